The second-order valence-corrected chi connectivity index (χ2v) is 5.40. The van der Waals surface area contributed by atoms with Crippen LogP contribution >= 0.6 is 23.2 Å². The smallest absolute Gasteiger partial charge is 0.254 e. The molecule has 0 spiro atoms. The summed E-state index contributed by atoms with van der Waals surface area (Å²) in [6.07, 6.45) is 0. The molecule has 1 aromatic carbocycles. The first-order chi connectivity index (χ1) is 9.81. The Hall–Kier alpha value is -1.46. The number of nitrogen functional groups attached to an aromatic ring is 1. The molecule has 0 aliphatic heterocycles. The van der Waals surface area contributed by atoms with E-state index in [0.29, 0.717) is 18.7 Å². The van der Waals surface area contributed by atoms with Crippen LogP contribution in [0.2, 0.25) is 10.0 Å². The standard InChI is InChI=1S/C14H19Cl2N3O2/c1-4-19(5-2)12(20)8-18(3)14(21)9-6-10(15)13(17)11(16)7-9/h6-7H,4-5,8,17H2,1-3H3. The first-order valence-electron chi connectivity index (χ1n) is 6.59. The molecule has 116 valence electrons. The van der Waals surface area contributed by atoms with Gasteiger partial charge in [0, 0.05) is 25.7 Å². The van der Waals surface area contributed by atoms with Crippen LogP contribution in [0.25, 0.3) is 0 Å². The Morgan fingerprint density at radius 2 is 1.62 bits per heavy atom. The number of carbonyl (C=O) groups is 2. The zero-order chi connectivity index (χ0) is 16.2. The fourth-order valence-corrected chi connectivity index (χ4v) is 2.37. The zero-order valence-corrected chi connectivity index (χ0v) is 13.8. The maximum absolute atomic E-state index is 12.3. The number of anilines is 1. The molecule has 2 N–H and O–H groups in total. The van der Waals surface area contributed by atoms with Crippen molar-refractivity contribution in [2.24, 2.45) is 0 Å². The molecule has 0 bridgehead atoms. The maximum Gasteiger partial charge on any atom is 0.254 e. The molecule has 0 atom stereocenters. The van der Waals surface area contributed by atoms with E-state index < -0.39 is 0 Å². The number of carbonyl (C=O) groups excluding carboxylic acids is 2. The van der Waals surface area contributed by atoms with Gasteiger partial charge in [0.25, 0.3) is 5.91 Å². The highest BCUT2D eigenvalue weighted by Crippen LogP contribution is 2.29. The first kappa shape index (κ1) is 17.6. The van der Waals surface area contributed by atoms with Crippen molar-refractivity contribution in [3.05, 3.63) is 27.7 Å². The molecule has 0 aromatic heterocycles. The number of rotatable bonds is 5. The molecular formula is C14H19Cl2N3O2. The van der Waals surface area contributed by atoms with Gasteiger partial charge >= 0.3 is 0 Å². The van der Waals surface area contributed by atoms with E-state index in [1.165, 1.54) is 17.0 Å². The zero-order valence-electron chi connectivity index (χ0n) is 12.3. The van der Waals surface area contributed by atoms with Gasteiger partial charge in [-0.25, -0.2) is 0 Å². The minimum Gasteiger partial charge on any atom is -0.396 e. The van der Waals surface area contributed by atoms with Crippen LogP contribution < -0.4 is 5.73 Å². The van der Waals surface area contributed by atoms with Gasteiger partial charge in [0.15, 0.2) is 0 Å². The lowest BCUT2D eigenvalue weighted by Gasteiger charge is -2.23. The molecule has 0 heterocycles. The van der Waals surface area contributed by atoms with E-state index in [-0.39, 0.29) is 34.1 Å². The van der Waals surface area contributed by atoms with Crippen LogP contribution in [0.1, 0.15) is 24.2 Å². The lowest BCUT2D eigenvalue weighted by atomic mass is 10.2. The highest BCUT2D eigenvalue weighted by Gasteiger charge is 2.19. The van der Waals surface area contributed by atoms with E-state index in [1.54, 1.807) is 11.9 Å². The normalized spacial score (nSPS) is 10.3. The predicted molar refractivity (Wildman–Crippen MR) is 85.8 cm³/mol. The summed E-state index contributed by atoms with van der Waals surface area (Å²) in [6.45, 7) is 5.00. The summed E-state index contributed by atoms with van der Waals surface area (Å²) in [5.74, 6) is -0.442. The van der Waals surface area contributed by atoms with Gasteiger partial charge in [0.05, 0.1) is 22.3 Å². The second-order valence-electron chi connectivity index (χ2n) is 4.58. The van der Waals surface area contributed by atoms with Crippen LogP contribution in [0, 0.1) is 0 Å². The third-order valence-corrected chi connectivity index (χ3v) is 3.79. The van der Waals surface area contributed by atoms with Crippen molar-refractivity contribution >= 4 is 40.7 Å². The number of hydrogen-bond donors (Lipinski definition) is 1. The Balaban J connectivity index is 2.86. The number of nitrogens with two attached hydrogens (primary N) is 1. The van der Waals surface area contributed by atoms with Gasteiger partial charge in [-0.2, -0.15) is 0 Å². The lowest BCUT2D eigenvalue weighted by Crippen LogP contribution is -2.41. The fourth-order valence-electron chi connectivity index (χ4n) is 1.88. The Labute approximate surface area is 134 Å². The number of likely N-dealkylation sites (N-methyl/N-ethyl adjacent to an activating group) is 2. The molecule has 0 aliphatic carbocycles. The van der Waals surface area contributed by atoms with E-state index in [1.807, 2.05) is 13.8 Å². The van der Waals surface area contributed by atoms with Crippen molar-refractivity contribution < 1.29 is 9.59 Å². The molecule has 5 nitrogen and oxygen atoms in total. The van der Waals surface area contributed by atoms with Crippen LogP contribution in [-0.2, 0) is 4.79 Å². The summed E-state index contributed by atoms with van der Waals surface area (Å²) < 4.78 is 0. The highest BCUT2D eigenvalue weighted by molar-refractivity contribution is 6.39. The summed E-state index contributed by atoms with van der Waals surface area (Å²) in [5, 5.41) is 0.434. The van der Waals surface area contributed by atoms with E-state index in [4.69, 9.17) is 28.9 Å². The van der Waals surface area contributed by atoms with Gasteiger partial charge in [-0.3, -0.25) is 9.59 Å². The van der Waals surface area contributed by atoms with Crippen molar-refractivity contribution in [1.29, 1.82) is 0 Å². The molecule has 0 aliphatic rings. The largest absolute Gasteiger partial charge is 0.396 e. The molecule has 0 radical (unpaired) electrons. The van der Waals surface area contributed by atoms with Gasteiger partial charge in [0.1, 0.15) is 0 Å². The monoisotopic (exact) mass is 331 g/mol. The van der Waals surface area contributed by atoms with Gasteiger partial charge in [-0.15, -0.1) is 0 Å². The van der Waals surface area contributed by atoms with Crippen LogP contribution in [0.15, 0.2) is 12.1 Å². The SMILES string of the molecule is CCN(CC)C(=O)CN(C)C(=O)c1cc(Cl)c(N)c(Cl)c1. The molecule has 7 heteroatoms. The number of nitrogens with zero attached hydrogens (tertiary/aromatic N) is 2. The lowest BCUT2D eigenvalue weighted by molar-refractivity contribution is -0.131. The summed E-state index contributed by atoms with van der Waals surface area (Å²) in [4.78, 5) is 27.3. The topological polar surface area (TPSA) is 66.6 Å². The second kappa shape index (κ2) is 7.52. The van der Waals surface area contributed by atoms with Gasteiger partial charge < -0.3 is 15.5 Å². The highest BCUT2D eigenvalue weighted by atomic mass is 35.5. The molecular weight excluding hydrogens is 313 g/mol. The Bertz CT molecular complexity index is 522. The quantitative estimate of drug-likeness (QED) is 0.843. The van der Waals surface area contributed by atoms with Crippen LogP contribution in [0.4, 0.5) is 5.69 Å². The number of benzene rings is 1. The molecule has 21 heavy (non-hydrogen) atoms. The van der Waals surface area contributed by atoms with E-state index in [9.17, 15) is 9.59 Å². The third-order valence-electron chi connectivity index (χ3n) is 3.16. The molecule has 0 unspecified atom stereocenters. The Morgan fingerprint density at radius 1 is 1.14 bits per heavy atom. The summed E-state index contributed by atoms with van der Waals surface area (Å²) in [6, 6.07) is 2.90. The fraction of sp³-hybridized carbons (Fsp3) is 0.429. The molecule has 0 saturated heterocycles. The van der Waals surface area contributed by atoms with Gasteiger partial charge in [0.2, 0.25) is 5.91 Å². The molecule has 0 saturated carbocycles. The van der Waals surface area contributed by atoms with Crippen molar-refractivity contribution in [3.8, 4) is 0 Å². The molecule has 1 aromatic rings. The van der Waals surface area contributed by atoms with Crippen molar-refractivity contribution in [2.45, 2.75) is 13.8 Å². The number of hydrogen-bond acceptors (Lipinski definition) is 3. The number of amides is 2. The minimum absolute atomic E-state index is 0.000127. The number of halogens is 2. The minimum atomic E-state index is -0.334. The van der Waals surface area contributed by atoms with Gasteiger partial charge in [-0.05, 0) is 26.0 Å². The molecule has 1 rings (SSSR count). The Kier molecular flexibility index (Phi) is 6.30. The summed E-state index contributed by atoms with van der Waals surface area (Å²) >= 11 is 11.8. The molecule has 2 amide bonds. The third kappa shape index (κ3) is 4.25. The summed E-state index contributed by atoms with van der Waals surface area (Å²) in [5.41, 5.74) is 6.17. The first-order valence-corrected chi connectivity index (χ1v) is 7.35. The van der Waals surface area contributed by atoms with Crippen LogP contribution in [-0.4, -0.2) is 48.3 Å². The predicted octanol–water partition coefficient (Wildman–Crippen LogP) is 2.52. The maximum atomic E-state index is 12.3. The van der Waals surface area contributed by atoms with E-state index >= 15 is 0 Å². The van der Waals surface area contributed by atoms with Crippen LogP contribution in [0.5, 0.6) is 0 Å². The van der Waals surface area contributed by atoms with Crippen molar-refractivity contribution in [2.75, 3.05) is 32.4 Å². The average molecular weight is 332 g/mol. The van der Waals surface area contributed by atoms with Crippen molar-refractivity contribution in [1.82, 2.24) is 9.80 Å². The Morgan fingerprint density at radius 3 is 2.05 bits per heavy atom. The van der Waals surface area contributed by atoms with E-state index in [2.05, 4.69) is 0 Å². The average Bonchev–Trinajstić information content (AvgIpc) is 2.44. The van der Waals surface area contributed by atoms with Gasteiger partial charge in [-0.1, -0.05) is 23.2 Å². The summed E-state index contributed by atoms with van der Waals surface area (Å²) in [7, 11) is 1.56. The van der Waals surface area contributed by atoms with E-state index in [0.717, 1.165) is 0 Å². The van der Waals surface area contributed by atoms with Crippen LogP contribution in [0.3, 0.4) is 0 Å². The molecule has 0 fully saturated rings. The van der Waals surface area contributed by atoms with Crippen molar-refractivity contribution in [3.63, 3.8) is 0 Å².